The summed E-state index contributed by atoms with van der Waals surface area (Å²) in [6.45, 7) is 4.80. The van der Waals surface area contributed by atoms with Crippen molar-refractivity contribution in [2.24, 2.45) is 0 Å². The second-order valence-corrected chi connectivity index (χ2v) is 14.2. The predicted molar refractivity (Wildman–Crippen MR) is 144 cm³/mol. The summed E-state index contributed by atoms with van der Waals surface area (Å²) >= 11 is 6.19. The van der Waals surface area contributed by atoms with Crippen molar-refractivity contribution in [1.29, 1.82) is 0 Å². The third-order valence-electron chi connectivity index (χ3n) is 5.97. The van der Waals surface area contributed by atoms with E-state index >= 15 is 0 Å². The molecule has 4 aromatic carbocycles. The first-order chi connectivity index (χ1) is 15.5. The minimum atomic E-state index is -0.247. The van der Waals surface area contributed by atoms with Crippen molar-refractivity contribution >= 4 is 35.3 Å². The van der Waals surface area contributed by atoms with Gasteiger partial charge in [-0.3, -0.25) is 0 Å². The van der Waals surface area contributed by atoms with E-state index in [0.717, 1.165) is 0 Å². The highest BCUT2D eigenvalue weighted by Crippen LogP contribution is 2.75. The van der Waals surface area contributed by atoms with Gasteiger partial charge in [-0.15, -0.1) is 35.3 Å². The van der Waals surface area contributed by atoms with Crippen LogP contribution < -0.4 is 0 Å². The molecule has 5 rings (SSSR count). The number of benzene rings is 4. The molecule has 0 radical (unpaired) electrons. The molecule has 0 aromatic heterocycles. The molecule has 1 saturated heterocycles. The van der Waals surface area contributed by atoms with Crippen molar-refractivity contribution in [2.75, 3.05) is 0 Å². The third kappa shape index (κ3) is 3.91. The summed E-state index contributed by atoms with van der Waals surface area (Å²) in [7, 11) is 0. The molecule has 0 saturated carbocycles. The zero-order valence-corrected chi connectivity index (χ0v) is 20.7. The Kier molecular flexibility index (Phi) is 5.92. The van der Waals surface area contributed by atoms with Gasteiger partial charge >= 0.3 is 0 Å². The van der Waals surface area contributed by atoms with Gasteiger partial charge in [0.25, 0.3) is 0 Å². The van der Waals surface area contributed by atoms with Gasteiger partial charge in [-0.25, -0.2) is 0 Å². The molecule has 0 aliphatic carbocycles. The van der Waals surface area contributed by atoms with Crippen LogP contribution in [0.4, 0.5) is 0 Å². The Labute approximate surface area is 204 Å². The van der Waals surface area contributed by atoms with Crippen molar-refractivity contribution < 1.29 is 0 Å². The van der Waals surface area contributed by atoms with Crippen LogP contribution in [0.2, 0.25) is 0 Å². The van der Waals surface area contributed by atoms with Crippen molar-refractivity contribution in [3.8, 4) is 0 Å². The Morgan fingerprint density at radius 2 is 0.656 bits per heavy atom. The number of thioether (sulfide) groups is 3. The van der Waals surface area contributed by atoms with Crippen molar-refractivity contribution in [1.82, 2.24) is 0 Å². The summed E-state index contributed by atoms with van der Waals surface area (Å²) < 4.78 is -0.519. The number of hydrogen-bond donors (Lipinski definition) is 0. The standard InChI is InChI=1S/C29H26S3/c1-27(23-15-7-3-8-16-23)30-28(2,24-17-9-4-10-18-24)32-29(31-27,25-19-11-5-12-20-25)26-21-13-6-14-22-26/h3-22H,1-2H3. The van der Waals surface area contributed by atoms with Gasteiger partial charge in [-0.05, 0) is 36.1 Å². The van der Waals surface area contributed by atoms with Crippen LogP contribution in [-0.4, -0.2) is 0 Å². The maximum Gasteiger partial charge on any atom is 0.115 e. The van der Waals surface area contributed by atoms with Crippen LogP contribution >= 0.6 is 35.3 Å². The molecule has 0 amide bonds. The monoisotopic (exact) mass is 470 g/mol. The molecule has 1 heterocycles. The first-order valence-corrected chi connectivity index (χ1v) is 13.3. The highest BCUT2D eigenvalue weighted by atomic mass is 32.3. The Bertz CT molecular complexity index is 1070. The Morgan fingerprint density at radius 1 is 0.375 bits per heavy atom. The van der Waals surface area contributed by atoms with Crippen LogP contribution in [0.5, 0.6) is 0 Å². The van der Waals surface area contributed by atoms with E-state index in [2.05, 4.69) is 170 Å². The minimum Gasteiger partial charge on any atom is -0.117 e. The summed E-state index contributed by atoms with van der Waals surface area (Å²) in [6.07, 6.45) is 0. The molecule has 0 bridgehead atoms. The smallest absolute Gasteiger partial charge is 0.115 e. The molecule has 0 N–H and O–H groups in total. The topological polar surface area (TPSA) is 0 Å². The van der Waals surface area contributed by atoms with E-state index in [1.165, 1.54) is 22.3 Å². The van der Waals surface area contributed by atoms with Crippen LogP contribution in [0, 0.1) is 0 Å². The van der Waals surface area contributed by atoms with Crippen molar-refractivity contribution in [3.63, 3.8) is 0 Å². The zero-order valence-electron chi connectivity index (χ0n) is 18.3. The van der Waals surface area contributed by atoms with E-state index in [4.69, 9.17) is 0 Å². The van der Waals surface area contributed by atoms with Gasteiger partial charge in [0.15, 0.2) is 0 Å². The van der Waals surface area contributed by atoms with Crippen LogP contribution in [0.3, 0.4) is 0 Å². The SMILES string of the molecule is CC1(c2ccccc2)SC(C)(c2ccccc2)SC(c2ccccc2)(c2ccccc2)S1. The molecule has 32 heavy (non-hydrogen) atoms. The molecule has 1 fully saturated rings. The average Bonchev–Trinajstić information content (AvgIpc) is 2.86. The van der Waals surface area contributed by atoms with E-state index in [-0.39, 0.29) is 12.2 Å². The van der Waals surface area contributed by atoms with E-state index in [1.807, 2.05) is 0 Å². The molecule has 3 heteroatoms. The van der Waals surface area contributed by atoms with E-state index in [1.54, 1.807) is 0 Å². The lowest BCUT2D eigenvalue weighted by Crippen LogP contribution is -2.38. The quantitative estimate of drug-likeness (QED) is 0.292. The zero-order chi connectivity index (χ0) is 22.1. The van der Waals surface area contributed by atoms with E-state index in [9.17, 15) is 0 Å². The Balaban J connectivity index is 1.77. The first kappa shape index (κ1) is 21.8. The molecule has 0 spiro atoms. The summed E-state index contributed by atoms with van der Waals surface area (Å²) in [5.41, 5.74) is 5.39. The van der Waals surface area contributed by atoms with Crippen LogP contribution in [0.15, 0.2) is 121 Å². The third-order valence-corrected chi connectivity index (χ3v) is 11.5. The molecular weight excluding hydrogens is 445 g/mol. The second-order valence-electron chi connectivity index (χ2n) is 8.28. The number of hydrogen-bond acceptors (Lipinski definition) is 3. The molecule has 0 nitrogen and oxygen atoms in total. The molecule has 4 aromatic rings. The summed E-state index contributed by atoms with van der Waals surface area (Å²) in [6, 6.07) is 44.1. The van der Waals surface area contributed by atoms with Gasteiger partial charge in [0, 0.05) is 0 Å². The van der Waals surface area contributed by atoms with Gasteiger partial charge < -0.3 is 0 Å². The predicted octanol–water partition coefficient (Wildman–Crippen LogP) is 8.85. The molecule has 2 atom stereocenters. The second kappa shape index (κ2) is 8.70. The lowest BCUT2D eigenvalue weighted by molar-refractivity contribution is 0.891. The fraction of sp³-hybridized carbons (Fsp3) is 0.172. The maximum atomic E-state index is 2.40. The number of rotatable bonds is 4. The molecule has 2 unspecified atom stereocenters. The van der Waals surface area contributed by atoms with Gasteiger partial charge in [0.05, 0.1) is 8.16 Å². The molecule has 1 aliphatic rings. The summed E-state index contributed by atoms with van der Waals surface area (Å²) in [5, 5.41) is 0. The van der Waals surface area contributed by atoms with E-state index in [0.29, 0.717) is 0 Å². The lowest BCUT2D eigenvalue weighted by Gasteiger charge is -2.53. The summed E-state index contributed by atoms with van der Waals surface area (Å²) in [5.74, 6) is 0. The Morgan fingerprint density at radius 3 is 0.969 bits per heavy atom. The molecular formula is C29H26S3. The minimum absolute atomic E-state index is 0.136. The maximum absolute atomic E-state index is 2.40. The fourth-order valence-corrected chi connectivity index (χ4v) is 12.0. The normalized spacial score (nSPS) is 24.7. The van der Waals surface area contributed by atoms with Gasteiger partial charge in [0.2, 0.25) is 0 Å². The van der Waals surface area contributed by atoms with Gasteiger partial charge in [0.1, 0.15) is 4.08 Å². The van der Waals surface area contributed by atoms with Gasteiger partial charge in [-0.2, -0.15) is 0 Å². The Hall–Kier alpha value is -2.07. The fourth-order valence-electron chi connectivity index (χ4n) is 4.42. The highest BCUT2D eigenvalue weighted by Gasteiger charge is 2.55. The van der Waals surface area contributed by atoms with Gasteiger partial charge in [-0.1, -0.05) is 121 Å². The van der Waals surface area contributed by atoms with Crippen LogP contribution in [0.1, 0.15) is 36.1 Å². The highest BCUT2D eigenvalue weighted by molar-refractivity contribution is 8.34. The van der Waals surface area contributed by atoms with E-state index < -0.39 is 0 Å². The molecule has 160 valence electrons. The lowest BCUT2D eigenvalue weighted by atomic mass is 10.0. The van der Waals surface area contributed by atoms with Crippen molar-refractivity contribution in [2.45, 2.75) is 26.1 Å². The first-order valence-electron chi connectivity index (χ1n) is 10.9. The largest absolute Gasteiger partial charge is 0.117 e. The summed E-state index contributed by atoms with van der Waals surface area (Å²) in [4.78, 5) is 0. The average molecular weight is 471 g/mol. The van der Waals surface area contributed by atoms with Crippen LogP contribution in [0.25, 0.3) is 0 Å². The van der Waals surface area contributed by atoms with Crippen molar-refractivity contribution in [3.05, 3.63) is 144 Å². The molecule has 1 aliphatic heterocycles. The van der Waals surface area contributed by atoms with Crippen LogP contribution in [-0.2, 0) is 12.2 Å².